The predicted molar refractivity (Wildman–Crippen MR) is 110 cm³/mol. The van der Waals surface area contributed by atoms with Gasteiger partial charge < -0.3 is 9.64 Å². The second kappa shape index (κ2) is 7.63. The number of rotatable bonds is 7. The van der Waals surface area contributed by atoms with Crippen LogP contribution in [-0.2, 0) is 24.1 Å². The van der Waals surface area contributed by atoms with Crippen LogP contribution in [0.5, 0.6) is 0 Å². The number of aryl methyl sites for hydroxylation is 2. The van der Waals surface area contributed by atoms with Gasteiger partial charge in [-0.05, 0) is 56.2 Å². The molecule has 0 spiro atoms. The zero-order valence-electron chi connectivity index (χ0n) is 16.8. The Labute approximate surface area is 170 Å². The average Bonchev–Trinajstić information content (AvgIpc) is 3.30. The van der Waals surface area contributed by atoms with E-state index in [-0.39, 0.29) is 11.9 Å². The number of amides is 1. The Morgan fingerprint density at radius 2 is 2.17 bits per heavy atom. The van der Waals surface area contributed by atoms with Crippen molar-refractivity contribution in [3.8, 4) is 0 Å². The molecule has 0 radical (unpaired) electrons. The number of nitrogens with zero attached hydrogens (tertiary/aromatic N) is 4. The minimum atomic E-state index is 0.145. The lowest BCUT2D eigenvalue weighted by atomic mass is 9.91. The van der Waals surface area contributed by atoms with Gasteiger partial charge in [0.05, 0.1) is 23.5 Å². The van der Waals surface area contributed by atoms with Crippen LogP contribution in [0.1, 0.15) is 47.3 Å². The third kappa shape index (κ3) is 3.44. The molecular formula is C22H27N5O2. The first-order chi connectivity index (χ1) is 14.3. The van der Waals surface area contributed by atoms with E-state index in [2.05, 4.69) is 20.2 Å². The molecule has 152 valence electrons. The Morgan fingerprint density at radius 3 is 3.00 bits per heavy atom. The van der Waals surface area contributed by atoms with Crippen molar-refractivity contribution in [1.29, 1.82) is 0 Å². The number of hydrogen-bond donors (Lipinski definition) is 1. The molecular weight excluding hydrogens is 366 g/mol. The van der Waals surface area contributed by atoms with Crippen LogP contribution in [0.4, 0.5) is 0 Å². The summed E-state index contributed by atoms with van der Waals surface area (Å²) >= 11 is 0. The van der Waals surface area contributed by atoms with Gasteiger partial charge in [-0.1, -0.05) is 6.07 Å². The van der Waals surface area contributed by atoms with Crippen molar-refractivity contribution < 1.29 is 9.53 Å². The van der Waals surface area contributed by atoms with Crippen LogP contribution >= 0.6 is 0 Å². The maximum Gasteiger partial charge on any atom is 0.255 e. The lowest BCUT2D eigenvalue weighted by molar-refractivity contribution is 0.0645. The summed E-state index contributed by atoms with van der Waals surface area (Å²) in [4.78, 5) is 15.9. The molecule has 2 aliphatic carbocycles. The van der Waals surface area contributed by atoms with E-state index in [1.807, 2.05) is 35.3 Å². The van der Waals surface area contributed by atoms with E-state index in [4.69, 9.17) is 4.74 Å². The SMILES string of the molecule is COCCCn1ncc2c(C(=O)N(C3CC3)C3CCc4[nH]ncc4C3)cccc21. The summed E-state index contributed by atoms with van der Waals surface area (Å²) in [7, 11) is 1.71. The molecule has 29 heavy (non-hydrogen) atoms. The Kier molecular flexibility index (Phi) is 4.83. The highest BCUT2D eigenvalue weighted by Gasteiger charge is 2.39. The van der Waals surface area contributed by atoms with Crippen LogP contribution in [0.15, 0.2) is 30.6 Å². The van der Waals surface area contributed by atoms with Crippen molar-refractivity contribution in [3.05, 3.63) is 47.4 Å². The van der Waals surface area contributed by atoms with Crippen LogP contribution in [0, 0.1) is 0 Å². The molecule has 1 aromatic carbocycles. The molecule has 1 amide bonds. The van der Waals surface area contributed by atoms with Gasteiger partial charge in [0, 0.05) is 43.4 Å². The third-order valence-electron chi connectivity index (χ3n) is 6.19. The van der Waals surface area contributed by atoms with Crippen LogP contribution < -0.4 is 0 Å². The quantitative estimate of drug-likeness (QED) is 0.626. The fourth-order valence-corrected chi connectivity index (χ4v) is 4.58. The fourth-order valence-electron chi connectivity index (χ4n) is 4.58. The first-order valence-corrected chi connectivity index (χ1v) is 10.5. The number of H-pyrrole nitrogens is 1. The topological polar surface area (TPSA) is 76.0 Å². The van der Waals surface area contributed by atoms with Gasteiger partial charge in [-0.25, -0.2) is 0 Å². The van der Waals surface area contributed by atoms with Crippen molar-refractivity contribution in [2.24, 2.45) is 0 Å². The maximum atomic E-state index is 13.7. The highest BCUT2D eigenvalue weighted by atomic mass is 16.5. The number of carbonyl (C=O) groups is 1. The number of nitrogens with one attached hydrogen (secondary N) is 1. The molecule has 7 nitrogen and oxygen atoms in total. The summed E-state index contributed by atoms with van der Waals surface area (Å²) in [6.45, 7) is 1.49. The molecule has 0 bridgehead atoms. The van der Waals surface area contributed by atoms with Crippen molar-refractivity contribution in [1.82, 2.24) is 24.9 Å². The monoisotopic (exact) mass is 393 g/mol. The smallest absolute Gasteiger partial charge is 0.255 e. The molecule has 0 aliphatic heterocycles. The highest BCUT2D eigenvalue weighted by Crippen LogP contribution is 2.35. The summed E-state index contributed by atoms with van der Waals surface area (Å²) in [5, 5.41) is 12.8. The Morgan fingerprint density at radius 1 is 1.28 bits per heavy atom. The predicted octanol–water partition coefficient (Wildman–Crippen LogP) is 2.96. The molecule has 1 fully saturated rings. The number of hydrogen-bond acceptors (Lipinski definition) is 4. The van der Waals surface area contributed by atoms with Gasteiger partial charge in [-0.3, -0.25) is 14.6 Å². The minimum absolute atomic E-state index is 0.145. The molecule has 0 saturated heterocycles. The summed E-state index contributed by atoms with van der Waals surface area (Å²) in [6, 6.07) is 6.59. The van der Waals surface area contributed by atoms with Crippen LogP contribution in [0.3, 0.4) is 0 Å². The summed E-state index contributed by atoms with van der Waals surface area (Å²) in [5.41, 5.74) is 4.27. The average molecular weight is 393 g/mol. The van der Waals surface area contributed by atoms with E-state index < -0.39 is 0 Å². The van der Waals surface area contributed by atoms with Crippen molar-refractivity contribution in [3.63, 3.8) is 0 Å². The van der Waals surface area contributed by atoms with E-state index in [1.165, 1.54) is 11.3 Å². The number of methoxy groups -OCH3 is 1. The number of fused-ring (bicyclic) bond motifs is 2. The van der Waals surface area contributed by atoms with Crippen molar-refractivity contribution in [2.75, 3.05) is 13.7 Å². The van der Waals surface area contributed by atoms with Gasteiger partial charge in [0.1, 0.15) is 0 Å². The molecule has 1 atom stereocenters. The molecule has 1 N–H and O–H groups in total. The standard InChI is InChI=1S/C22H27N5O2/c1-29-11-3-10-26-21-5-2-4-18(19(21)14-24-26)22(28)27(16-6-7-16)17-8-9-20-15(12-17)13-23-25-20/h2,4-5,13-14,16-17H,3,6-12H2,1H3,(H,23,25). The molecule has 5 rings (SSSR count). The molecule has 3 aromatic rings. The van der Waals surface area contributed by atoms with E-state index in [1.54, 1.807) is 7.11 Å². The summed E-state index contributed by atoms with van der Waals surface area (Å²) in [5.74, 6) is 0.145. The molecule has 2 aliphatic rings. The van der Waals surface area contributed by atoms with Gasteiger partial charge >= 0.3 is 0 Å². The number of ether oxygens (including phenoxy) is 1. The van der Waals surface area contributed by atoms with Gasteiger partial charge in [0.15, 0.2) is 0 Å². The van der Waals surface area contributed by atoms with Crippen molar-refractivity contribution >= 4 is 16.8 Å². The van der Waals surface area contributed by atoms with Crippen LogP contribution in [-0.4, -0.2) is 56.6 Å². The molecule has 1 unspecified atom stereocenters. The zero-order chi connectivity index (χ0) is 19.8. The first kappa shape index (κ1) is 18.4. The number of aromatic amines is 1. The highest BCUT2D eigenvalue weighted by molar-refractivity contribution is 6.06. The lowest BCUT2D eigenvalue weighted by Gasteiger charge is -2.34. The number of carbonyl (C=O) groups excluding carboxylic acids is 1. The van der Waals surface area contributed by atoms with Crippen molar-refractivity contribution in [2.45, 2.75) is 57.2 Å². The normalized spacial score (nSPS) is 18.7. The van der Waals surface area contributed by atoms with E-state index in [0.717, 1.165) is 61.5 Å². The van der Waals surface area contributed by atoms with Crippen LogP contribution in [0.2, 0.25) is 0 Å². The second-order valence-electron chi connectivity index (χ2n) is 8.17. The number of benzene rings is 1. The lowest BCUT2D eigenvalue weighted by Crippen LogP contribution is -2.44. The van der Waals surface area contributed by atoms with E-state index >= 15 is 0 Å². The van der Waals surface area contributed by atoms with Crippen LogP contribution in [0.25, 0.3) is 10.9 Å². The molecule has 2 heterocycles. The minimum Gasteiger partial charge on any atom is -0.385 e. The molecule has 7 heteroatoms. The van der Waals surface area contributed by atoms with Gasteiger partial charge in [0.2, 0.25) is 0 Å². The van der Waals surface area contributed by atoms with Gasteiger partial charge in [0.25, 0.3) is 5.91 Å². The Hall–Kier alpha value is -2.67. The van der Waals surface area contributed by atoms with Gasteiger partial charge in [-0.2, -0.15) is 10.2 Å². The summed E-state index contributed by atoms with van der Waals surface area (Å²) in [6.07, 6.45) is 9.70. The molecule has 2 aromatic heterocycles. The second-order valence-corrected chi connectivity index (χ2v) is 8.17. The first-order valence-electron chi connectivity index (χ1n) is 10.5. The zero-order valence-corrected chi connectivity index (χ0v) is 16.8. The van der Waals surface area contributed by atoms with E-state index in [0.29, 0.717) is 12.6 Å². The Bertz CT molecular complexity index is 1020. The third-order valence-corrected chi connectivity index (χ3v) is 6.19. The van der Waals surface area contributed by atoms with E-state index in [9.17, 15) is 4.79 Å². The largest absolute Gasteiger partial charge is 0.385 e. The maximum absolute atomic E-state index is 13.7. The number of aromatic nitrogens is 4. The fraction of sp³-hybridized carbons (Fsp3) is 0.500. The summed E-state index contributed by atoms with van der Waals surface area (Å²) < 4.78 is 7.13. The Balaban J connectivity index is 1.43. The van der Waals surface area contributed by atoms with Gasteiger partial charge in [-0.15, -0.1) is 0 Å². The molecule has 1 saturated carbocycles.